The molecule has 3 fully saturated rings. The summed E-state index contributed by atoms with van der Waals surface area (Å²) in [7, 11) is 0. The molecular weight excluding hydrogens is 294 g/mol. The molecule has 3 aliphatic heterocycles. The van der Waals surface area contributed by atoms with Crippen LogP contribution < -0.4 is 4.90 Å². The average Bonchev–Trinajstić information content (AvgIpc) is 3.20. The van der Waals surface area contributed by atoms with E-state index in [1.54, 1.807) is 9.80 Å². The highest BCUT2D eigenvalue weighted by Crippen LogP contribution is 2.32. The molecular formula is C17H19N3O3. The van der Waals surface area contributed by atoms with Crippen molar-refractivity contribution < 1.29 is 14.4 Å². The van der Waals surface area contributed by atoms with Crippen LogP contribution in [0.3, 0.4) is 0 Å². The van der Waals surface area contributed by atoms with Gasteiger partial charge in [0.1, 0.15) is 12.1 Å². The zero-order valence-corrected chi connectivity index (χ0v) is 13.1. The lowest BCUT2D eigenvalue weighted by atomic mass is 10.1. The first-order chi connectivity index (χ1) is 11.1. The Morgan fingerprint density at radius 1 is 0.913 bits per heavy atom. The van der Waals surface area contributed by atoms with Gasteiger partial charge in [-0.25, -0.2) is 9.69 Å². The fraction of sp³-hybridized carbons (Fsp3) is 0.471. The zero-order chi connectivity index (χ0) is 16.1. The molecule has 3 aliphatic rings. The van der Waals surface area contributed by atoms with Crippen LogP contribution in [0.2, 0.25) is 0 Å². The summed E-state index contributed by atoms with van der Waals surface area (Å²) in [6.45, 7) is 3.15. The van der Waals surface area contributed by atoms with E-state index < -0.39 is 6.04 Å². The summed E-state index contributed by atoms with van der Waals surface area (Å²) >= 11 is 0. The van der Waals surface area contributed by atoms with Crippen LogP contribution in [0.1, 0.15) is 24.8 Å². The molecule has 120 valence electrons. The summed E-state index contributed by atoms with van der Waals surface area (Å²) in [5.41, 5.74) is 1.95. The minimum atomic E-state index is -0.651. The maximum atomic E-state index is 12.7. The lowest BCUT2D eigenvalue weighted by Crippen LogP contribution is -2.46. The molecule has 3 saturated heterocycles. The molecule has 3 heterocycles. The maximum absolute atomic E-state index is 12.7. The van der Waals surface area contributed by atoms with Crippen molar-refractivity contribution in [3.63, 3.8) is 0 Å². The summed E-state index contributed by atoms with van der Waals surface area (Å²) in [5, 5.41) is 0. The van der Waals surface area contributed by atoms with E-state index in [4.69, 9.17) is 0 Å². The van der Waals surface area contributed by atoms with E-state index in [0.717, 1.165) is 17.7 Å². The van der Waals surface area contributed by atoms with Crippen LogP contribution in [0.15, 0.2) is 24.3 Å². The van der Waals surface area contributed by atoms with E-state index in [1.165, 1.54) is 4.90 Å². The van der Waals surface area contributed by atoms with Gasteiger partial charge in [-0.05, 0) is 38.3 Å². The molecule has 4 amide bonds. The number of fused-ring (bicyclic) bond motifs is 1. The Kier molecular flexibility index (Phi) is 3.14. The minimum absolute atomic E-state index is 0.156. The Balaban J connectivity index is 1.57. The molecule has 23 heavy (non-hydrogen) atoms. The molecule has 0 spiro atoms. The van der Waals surface area contributed by atoms with Crippen LogP contribution in [0, 0.1) is 6.92 Å². The minimum Gasteiger partial charge on any atom is -0.312 e. The molecule has 0 saturated carbocycles. The summed E-state index contributed by atoms with van der Waals surface area (Å²) in [4.78, 5) is 42.2. The van der Waals surface area contributed by atoms with Gasteiger partial charge in [0.15, 0.2) is 0 Å². The third-order valence-corrected chi connectivity index (χ3v) is 5.06. The van der Waals surface area contributed by atoms with Crippen LogP contribution in [0.5, 0.6) is 0 Å². The van der Waals surface area contributed by atoms with Crippen molar-refractivity contribution in [2.75, 3.05) is 18.0 Å². The highest BCUT2D eigenvalue weighted by atomic mass is 16.2. The Morgan fingerprint density at radius 3 is 2.35 bits per heavy atom. The van der Waals surface area contributed by atoms with Gasteiger partial charge in [-0.1, -0.05) is 17.7 Å². The number of anilines is 1. The zero-order valence-electron chi connectivity index (χ0n) is 13.1. The van der Waals surface area contributed by atoms with Gasteiger partial charge in [0.25, 0.3) is 5.91 Å². The van der Waals surface area contributed by atoms with E-state index in [9.17, 15) is 14.4 Å². The number of amides is 4. The molecule has 6 heteroatoms. The second kappa shape index (κ2) is 5.08. The van der Waals surface area contributed by atoms with Crippen LogP contribution in [-0.2, 0) is 9.59 Å². The number of urea groups is 1. The average molecular weight is 313 g/mol. The molecule has 0 bridgehead atoms. The van der Waals surface area contributed by atoms with Crippen LogP contribution in [0.4, 0.5) is 10.5 Å². The number of benzene rings is 1. The largest absolute Gasteiger partial charge is 0.328 e. The second-order valence-corrected chi connectivity index (χ2v) is 6.47. The Morgan fingerprint density at radius 2 is 1.65 bits per heavy atom. The number of aryl methyl sites for hydroxylation is 1. The first-order valence-electron chi connectivity index (χ1n) is 8.09. The number of rotatable bonds is 2. The number of carbonyl (C=O) groups is 3. The molecule has 0 aliphatic carbocycles. The van der Waals surface area contributed by atoms with Gasteiger partial charge in [0, 0.05) is 18.8 Å². The fourth-order valence-electron chi connectivity index (χ4n) is 3.82. The lowest BCUT2D eigenvalue weighted by Gasteiger charge is -2.22. The van der Waals surface area contributed by atoms with Crippen molar-refractivity contribution in [3.05, 3.63) is 29.8 Å². The SMILES string of the molecule is Cc1ccc(N2CC[C@H](N3C(=O)[C@H]4CCCN4C3=O)C2=O)cc1. The van der Waals surface area contributed by atoms with Crippen molar-refractivity contribution in [1.82, 2.24) is 9.80 Å². The van der Waals surface area contributed by atoms with Crippen molar-refractivity contribution in [2.24, 2.45) is 0 Å². The summed E-state index contributed by atoms with van der Waals surface area (Å²) in [5.74, 6) is -0.353. The van der Waals surface area contributed by atoms with Crippen molar-refractivity contribution in [2.45, 2.75) is 38.3 Å². The third-order valence-electron chi connectivity index (χ3n) is 5.06. The third kappa shape index (κ3) is 2.04. The van der Waals surface area contributed by atoms with E-state index >= 15 is 0 Å². The Hall–Kier alpha value is -2.37. The Bertz CT molecular complexity index is 663. The number of hydrogen-bond donors (Lipinski definition) is 0. The van der Waals surface area contributed by atoms with Crippen LogP contribution in [-0.4, -0.2) is 52.8 Å². The van der Waals surface area contributed by atoms with Crippen LogP contribution >= 0.6 is 0 Å². The van der Waals surface area contributed by atoms with Gasteiger partial charge in [-0.15, -0.1) is 0 Å². The van der Waals surface area contributed by atoms with E-state index in [0.29, 0.717) is 25.9 Å². The standard InChI is InChI=1S/C17H19N3O3/c1-11-4-6-12(7-5-11)18-10-8-14(15(18)21)20-16(22)13-3-2-9-19(13)17(20)23/h4-7,13-14H,2-3,8-10H2,1H3/t13-,14+/m1/s1. The lowest BCUT2D eigenvalue weighted by molar-refractivity contribution is -0.133. The van der Waals surface area contributed by atoms with Crippen LogP contribution in [0.25, 0.3) is 0 Å². The number of nitrogens with zero attached hydrogens (tertiary/aromatic N) is 3. The van der Waals surface area contributed by atoms with Crippen molar-refractivity contribution in [1.29, 1.82) is 0 Å². The van der Waals surface area contributed by atoms with Gasteiger partial charge in [-0.3, -0.25) is 9.59 Å². The predicted molar refractivity (Wildman–Crippen MR) is 83.9 cm³/mol. The maximum Gasteiger partial charge on any atom is 0.328 e. The fourth-order valence-corrected chi connectivity index (χ4v) is 3.82. The van der Waals surface area contributed by atoms with E-state index in [-0.39, 0.29) is 23.9 Å². The van der Waals surface area contributed by atoms with Crippen molar-refractivity contribution in [3.8, 4) is 0 Å². The van der Waals surface area contributed by atoms with E-state index in [2.05, 4.69) is 0 Å². The Labute approximate surface area is 134 Å². The molecule has 0 N–H and O–H groups in total. The normalized spacial score (nSPS) is 27.3. The quantitative estimate of drug-likeness (QED) is 0.778. The molecule has 0 unspecified atom stereocenters. The van der Waals surface area contributed by atoms with Gasteiger partial charge >= 0.3 is 6.03 Å². The summed E-state index contributed by atoms with van der Waals surface area (Å²) in [6.07, 6.45) is 2.08. The first kappa shape index (κ1) is 14.2. The van der Waals surface area contributed by atoms with Gasteiger partial charge in [0.05, 0.1) is 0 Å². The molecule has 2 atom stereocenters. The monoisotopic (exact) mass is 313 g/mol. The van der Waals surface area contributed by atoms with Gasteiger partial charge < -0.3 is 9.80 Å². The molecule has 0 aromatic heterocycles. The predicted octanol–water partition coefficient (Wildman–Crippen LogP) is 1.53. The second-order valence-electron chi connectivity index (χ2n) is 6.47. The summed E-state index contributed by atoms with van der Waals surface area (Å²) < 4.78 is 0. The van der Waals surface area contributed by atoms with Crippen molar-refractivity contribution >= 4 is 23.5 Å². The molecule has 1 aromatic rings. The molecule has 6 nitrogen and oxygen atoms in total. The van der Waals surface area contributed by atoms with Gasteiger partial charge in [-0.2, -0.15) is 0 Å². The smallest absolute Gasteiger partial charge is 0.312 e. The highest BCUT2D eigenvalue weighted by molar-refractivity contribution is 6.10. The van der Waals surface area contributed by atoms with Gasteiger partial charge in [0.2, 0.25) is 5.91 Å². The van der Waals surface area contributed by atoms with E-state index in [1.807, 2.05) is 31.2 Å². The molecule has 1 aromatic carbocycles. The number of hydrogen-bond acceptors (Lipinski definition) is 3. The molecule has 4 rings (SSSR count). The number of carbonyl (C=O) groups excluding carboxylic acids is 3. The first-order valence-corrected chi connectivity index (χ1v) is 8.09. The molecule has 0 radical (unpaired) electrons. The number of imide groups is 1. The highest BCUT2D eigenvalue weighted by Gasteiger charge is 2.53. The summed E-state index contributed by atoms with van der Waals surface area (Å²) in [6, 6.07) is 6.44. The topological polar surface area (TPSA) is 60.9 Å².